The van der Waals surface area contributed by atoms with E-state index in [4.69, 9.17) is 9.97 Å². The van der Waals surface area contributed by atoms with Crippen LogP contribution in [0, 0.1) is 12.8 Å². The number of hydrogen-bond donors (Lipinski definition) is 0. The molecule has 0 unspecified atom stereocenters. The van der Waals surface area contributed by atoms with Crippen molar-refractivity contribution in [2.75, 3.05) is 42.5 Å². The van der Waals surface area contributed by atoms with E-state index in [-0.39, 0.29) is 0 Å². The van der Waals surface area contributed by atoms with Crippen LogP contribution < -0.4 is 9.80 Å². The van der Waals surface area contributed by atoms with Gasteiger partial charge in [-0.2, -0.15) is 9.29 Å². The highest BCUT2D eigenvalue weighted by Crippen LogP contribution is 2.34. The Morgan fingerprint density at radius 2 is 1.59 bits per heavy atom. The minimum absolute atomic E-state index is 0.340. The Kier molecular flexibility index (Phi) is 5.84. The monoisotopic (exact) mass is 455 g/mol. The lowest BCUT2D eigenvalue weighted by Gasteiger charge is -2.36. The number of anilines is 2. The van der Waals surface area contributed by atoms with Gasteiger partial charge in [-0.05, 0) is 50.7 Å². The van der Waals surface area contributed by atoms with E-state index in [1.165, 1.54) is 12.8 Å². The molecule has 0 atom stereocenters. The van der Waals surface area contributed by atoms with E-state index in [0.29, 0.717) is 24.4 Å². The average molecular weight is 456 g/mol. The molecule has 5 rings (SSSR count). The molecule has 0 spiro atoms. The lowest BCUT2D eigenvalue weighted by atomic mass is 9.98. The number of fused-ring (bicyclic) bond motifs is 1. The van der Waals surface area contributed by atoms with Crippen molar-refractivity contribution in [2.24, 2.45) is 5.92 Å². The highest BCUT2D eigenvalue weighted by molar-refractivity contribution is 7.89. The van der Waals surface area contributed by atoms with E-state index >= 15 is 0 Å². The van der Waals surface area contributed by atoms with Gasteiger partial charge in [0.05, 0.1) is 10.6 Å². The standard InChI is InChI=1S/C24H33N5O2S/c1-18-5-7-20(8-6-18)32(30,31)29-16-11-22-21(17-29)23(27-14-9-19(2)10-15-27)26-24(25-22)28-12-3-4-13-28/h5-8,19H,3-4,9-17H2,1-2H3. The zero-order chi connectivity index (χ0) is 22.3. The third kappa shape index (κ3) is 4.10. The van der Waals surface area contributed by atoms with Crippen LogP contribution in [0.5, 0.6) is 0 Å². The van der Waals surface area contributed by atoms with E-state index in [1.807, 2.05) is 19.1 Å². The highest BCUT2D eigenvalue weighted by Gasteiger charge is 2.33. The Bertz CT molecular complexity index is 1070. The summed E-state index contributed by atoms with van der Waals surface area (Å²) >= 11 is 0. The van der Waals surface area contributed by atoms with Crippen molar-refractivity contribution in [3.05, 3.63) is 41.1 Å². The summed E-state index contributed by atoms with van der Waals surface area (Å²) in [5.41, 5.74) is 3.06. The molecule has 2 saturated heterocycles. The Morgan fingerprint density at radius 3 is 2.28 bits per heavy atom. The SMILES string of the molecule is Cc1ccc(S(=O)(=O)N2CCc3nc(N4CCCC4)nc(N4CCC(C)CC4)c3C2)cc1. The first-order valence-electron chi connectivity index (χ1n) is 11.9. The molecule has 3 aliphatic heterocycles. The lowest BCUT2D eigenvalue weighted by Crippen LogP contribution is -2.40. The van der Waals surface area contributed by atoms with E-state index in [9.17, 15) is 8.42 Å². The Hall–Kier alpha value is -2.19. The Labute approximate surface area is 191 Å². The molecule has 0 bridgehead atoms. The fourth-order valence-corrected chi connectivity index (χ4v) is 6.37. The van der Waals surface area contributed by atoms with Crippen LogP contribution in [0.25, 0.3) is 0 Å². The minimum Gasteiger partial charge on any atom is -0.356 e. The van der Waals surface area contributed by atoms with Crippen LogP contribution in [-0.2, 0) is 23.0 Å². The summed E-state index contributed by atoms with van der Waals surface area (Å²) in [7, 11) is -3.55. The fraction of sp³-hybridized carbons (Fsp3) is 0.583. The molecule has 7 nitrogen and oxygen atoms in total. The van der Waals surface area contributed by atoms with Crippen LogP contribution in [0.2, 0.25) is 0 Å². The Morgan fingerprint density at radius 1 is 0.906 bits per heavy atom. The molecule has 2 fully saturated rings. The predicted octanol–water partition coefficient (Wildman–Crippen LogP) is 3.37. The van der Waals surface area contributed by atoms with Gasteiger partial charge in [0.25, 0.3) is 0 Å². The summed E-state index contributed by atoms with van der Waals surface area (Å²) in [6.45, 7) is 9.01. The summed E-state index contributed by atoms with van der Waals surface area (Å²) < 4.78 is 28.4. The number of sulfonamides is 1. The topological polar surface area (TPSA) is 69.6 Å². The van der Waals surface area contributed by atoms with Crippen molar-refractivity contribution < 1.29 is 8.42 Å². The molecule has 0 radical (unpaired) electrons. The largest absolute Gasteiger partial charge is 0.356 e. The molecular weight excluding hydrogens is 422 g/mol. The zero-order valence-corrected chi connectivity index (χ0v) is 19.9. The number of rotatable bonds is 4. The first-order valence-corrected chi connectivity index (χ1v) is 13.3. The lowest BCUT2D eigenvalue weighted by molar-refractivity contribution is 0.384. The number of nitrogens with zero attached hydrogens (tertiary/aromatic N) is 5. The van der Waals surface area contributed by atoms with E-state index in [0.717, 1.165) is 73.5 Å². The van der Waals surface area contributed by atoms with Crippen LogP contribution in [0.15, 0.2) is 29.2 Å². The molecule has 172 valence electrons. The number of benzene rings is 1. The van der Waals surface area contributed by atoms with Gasteiger partial charge in [0, 0.05) is 51.3 Å². The number of aryl methyl sites for hydroxylation is 1. The fourth-order valence-electron chi connectivity index (χ4n) is 4.96. The number of aromatic nitrogens is 2. The minimum atomic E-state index is -3.55. The second-order valence-electron chi connectivity index (χ2n) is 9.54. The third-order valence-corrected chi connectivity index (χ3v) is 8.98. The van der Waals surface area contributed by atoms with Gasteiger partial charge in [0.15, 0.2) is 0 Å². The molecule has 2 aromatic rings. The van der Waals surface area contributed by atoms with Crippen LogP contribution >= 0.6 is 0 Å². The first-order chi connectivity index (χ1) is 15.4. The van der Waals surface area contributed by atoms with Gasteiger partial charge in [0.2, 0.25) is 16.0 Å². The molecule has 1 aromatic heterocycles. The van der Waals surface area contributed by atoms with Crippen molar-refractivity contribution in [1.82, 2.24) is 14.3 Å². The van der Waals surface area contributed by atoms with E-state index in [1.54, 1.807) is 16.4 Å². The van der Waals surface area contributed by atoms with Gasteiger partial charge in [-0.1, -0.05) is 24.6 Å². The highest BCUT2D eigenvalue weighted by atomic mass is 32.2. The molecular formula is C24H33N5O2S. The smallest absolute Gasteiger partial charge is 0.243 e. The van der Waals surface area contributed by atoms with Crippen molar-refractivity contribution in [3.8, 4) is 0 Å². The normalized spacial score (nSPS) is 20.6. The van der Waals surface area contributed by atoms with Crippen molar-refractivity contribution in [1.29, 1.82) is 0 Å². The van der Waals surface area contributed by atoms with Crippen molar-refractivity contribution >= 4 is 21.8 Å². The molecule has 8 heteroatoms. The van der Waals surface area contributed by atoms with Crippen LogP contribution in [-0.4, -0.2) is 55.4 Å². The first kappa shape index (κ1) is 21.6. The molecule has 0 aliphatic carbocycles. The maximum Gasteiger partial charge on any atom is 0.243 e. The summed E-state index contributed by atoms with van der Waals surface area (Å²) in [5, 5.41) is 0. The predicted molar refractivity (Wildman–Crippen MR) is 127 cm³/mol. The molecule has 0 amide bonds. The molecule has 32 heavy (non-hydrogen) atoms. The number of hydrogen-bond acceptors (Lipinski definition) is 6. The number of piperidine rings is 1. The average Bonchev–Trinajstić information content (AvgIpc) is 3.34. The quantitative estimate of drug-likeness (QED) is 0.704. The Balaban J connectivity index is 1.50. The summed E-state index contributed by atoms with van der Waals surface area (Å²) in [6.07, 6.45) is 5.27. The van der Waals surface area contributed by atoms with Crippen LogP contribution in [0.3, 0.4) is 0 Å². The summed E-state index contributed by atoms with van der Waals surface area (Å²) in [4.78, 5) is 15.0. The van der Waals surface area contributed by atoms with Crippen molar-refractivity contribution in [2.45, 2.75) is 57.4 Å². The zero-order valence-electron chi connectivity index (χ0n) is 19.1. The summed E-state index contributed by atoms with van der Waals surface area (Å²) in [6, 6.07) is 7.13. The van der Waals surface area contributed by atoms with Gasteiger partial charge in [-0.25, -0.2) is 13.4 Å². The van der Waals surface area contributed by atoms with Crippen molar-refractivity contribution in [3.63, 3.8) is 0 Å². The molecule has 0 saturated carbocycles. The van der Waals surface area contributed by atoms with E-state index < -0.39 is 10.0 Å². The summed E-state index contributed by atoms with van der Waals surface area (Å²) in [5.74, 6) is 2.50. The van der Waals surface area contributed by atoms with Gasteiger partial charge < -0.3 is 9.80 Å². The van der Waals surface area contributed by atoms with Crippen LogP contribution in [0.1, 0.15) is 49.4 Å². The molecule has 4 heterocycles. The second-order valence-corrected chi connectivity index (χ2v) is 11.5. The third-order valence-electron chi connectivity index (χ3n) is 7.12. The maximum atomic E-state index is 13.4. The van der Waals surface area contributed by atoms with Gasteiger partial charge >= 0.3 is 0 Å². The van der Waals surface area contributed by atoms with Gasteiger partial charge in [-0.15, -0.1) is 0 Å². The van der Waals surface area contributed by atoms with Gasteiger partial charge in [0.1, 0.15) is 5.82 Å². The maximum absolute atomic E-state index is 13.4. The van der Waals surface area contributed by atoms with Crippen LogP contribution in [0.4, 0.5) is 11.8 Å². The van der Waals surface area contributed by atoms with E-state index in [2.05, 4.69) is 16.7 Å². The molecule has 1 aromatic carbocycles. The molecule has 3 aliphatic rings. The molecule has 0 N–H and O–H groups in total. The van der Waals surface area contributed by atoms with Gasteiger partial charge in [-0.3, -0.25) is 0 Å². The second kappa shape index (κ2) is 8.63.